The molecular weight excluding hydrogens is 158 g/mol. The molecule has 0 spiro atoms. The molecule has 0 unspecified atom stereocenters. The number of rotatable bonds is 2. The molecule has 1 aliphatic carbocycles. The Kier molecular flexibility index (Phi) is 4.79. The summed E-state index contributed by atoms with van der Waals surface area (Å²) in [5, 5.41) is 0. The maximum Gasteiger partial charge on any atom is 0.00388 e. The molecule has 0 bridgehead atoms. The molecule has 0 aromatic carbocycles. The van der Waals surface area contributed by atoms with E-state index in [0.717, 1.165) is 11.8 Å². The summed E-state index contributed by atoms with van der Waals surface area (Å²) in [6, 6.07) is 0.500. The van der Waals surface area contributed by atoms with Gasteiger partial charge in [-0.15, -0.1) is 0 Å². The molecule has 78 valence electrons. The predicted molar refractivity (Wildman–Crippen MR) is 58.6 cm³/mol. The molecule has 0 aromatic rings. The molecule has 0 heterocycles. The number of hydrogen-bond donors (Lipinski definition) is 1. The first-order valence-corrected chi connectivity index (χ1v) is 5.94. The van der Waals surface area contributed by atoms with Gasteiger partial charge in [0.2, 0.25) is 0 Å². The van der Waals surface area contributed by atoms with Crippen LogP contribution in [-0.2, 0) is 0 Å². The fourth-order valence-corrected chi connectivity index (χ4v) is 2.53. The van der Waals surface area contributed by atoms with E-state index >= 15 is 0 Å². The maximum atomic E-state index is 5.95. The Bertz CT molecular complexity index is 121. The van der Waals surface area contributed by atoms with Crippen molar-refractivity contribution in [2.45, 2.75) is 64.8 Å². The SMILES string of the molecule is CC(C)CC1CCCC(N)CCC1. The van der Waals surface area contributed by atoms with Crippen molar-refractivity contribution in [3.63, 3.8) is 0 Å². The van der Waals surface area contributed by atoms with Crippen molar-refractivity contribution in [3.05, 3.63) is 0 Å². The second-order valence-corrected chi connectivity index (χ2v) is 5.12. The average Bonchev–Trinajstić information content (AvgIpc) is 1.99. The summed E-state index contributed by atoms with van der Waals surface area (Å²) in [6.07, 6.45) is 9.51. The van der Waals surface area contributed by atoms with Gasteiger partial charge in [-0.25, -0.2) is 0 Å². The summed E-state index contributed by atoms with van der Waals surface area (Å²) in [4.78, 5) is 0. The van der Waals surface area contributed by atoms with Gasteiger partial charge in [0.1, 0.15) is 0 Å². The first kappa shape index (κ1) is 11.0. The molecule has 1 saturated carbocycles. The lowest BCUT2D eigenvalue weighted by Gasteiger charge is -2.23. The number of hydrogen-bond acceptors (Lipinski definition) is 1. The van der Waals surface area contributed by atoms with E-state index in [0.29, 0.717) is 6.04 Å². The van der Waals surface area contributed by atoms with Gasteiger partial charge >= 0.3 is 0 Å². The van der Waals surface area contributed by atoms with Crippen LogP contribution in [0.1, 0.15) is 58.8 Å². The predicted octanol–water partition coefficient (Wildman–Crippen LogP) is 3.33. The topological polar surface area (TPSA) is 26.0 Å². The second-order valence-electron chi connectivity index (χ2n) is 5.12. The molecule has 1 fully saturated rings. The lowest BCUT2D eigenvalue weighted by Crippen LogP contribution is -2.22. The molecule has 1 aliphatic rings. The van der Waals surface area contributed by atoms with Gasteiger partial charge in [0.25, 0.3) is 0 Å². The fourth-order valence-electron chi connectivity index (χ4n) is 2.53. The highest BCUT2D eigenvalue weighted by Gasteiger charge is 2.15. The first-order valence-electron chi connectivity index (χ1n) is 5.94. The highest BCUT2D eigenvalue weighted by molar-refractivity contribution is 4.70. The largest absolute Gasteiger partial charge is 0.328 e. The van der Waals surface area contributed by atoms with Gasteiger partial charge in [0.15, 0.2) is 0 Å². The molecule has 0 aliphatic heterocycles. The zero-order chi connectivity index (χ0) is 9.68. The first-order chi connectivity index (χ1) is 6.18. The van der Waals surface area contributed by atoms with Crippen molar-refractivity contribution in [2.75, 3.05) is 0 Å². The summed E-state index contributed by atoms with van der Waals surface area (Å²) in [7, 11) is 0. The Morgan fingerprint density at radius 1 is 1.08 bits per heavy atom. The van der Waals surface area contributed by atoms with E-state index in [1.165, 1.54) is 44.9 Å². The molecule has 0 saturated heterocycles. The van der Waals surface area contributed by atoms with Crippen LogP contribution in [-0.4, -0.2) is 6.04 Å². The molecule has 2 N–H and O–H groups in total. The second kappa shape index (κ2) is 5.64. The van der Waals surface area contributed by atoms with Crippen molar-refractivity contribution < 1.29 is 0 Å². The van der Waals surface area contributed by atoms with Gasteiger partial charge in [0, 0.05) is 6.04 Å². The fraction of sp³-hybridized carbons (Fsp3) is 1.00. The molecule has 0 aromatic heterocycles. The van der Waals surface area contributed by atoms with E-state index in [2.05, 4.69) is 13.8 Å². The molecule has 0 atom stereocenters. The van der Waals surface area contributed by atoms with Crippen LogP contribution in [0.4, 0.5) is 0 Å². The van der Waals surface area contributed by atoms with Gasteiger partial charge in [-0.05, 0) is 31.1 Å². The molecule has 0 amide bonds. The zero-order valence-electron chi connectivity index (χ0n) is 9.26. The van der Waals surface area contributed by atoms with Crippen molar-refractivity contribution in [1.29, 1.82) is 0 Å². The minimum atomic E-state index is 0.500. The summed E-state index contributed by atoms with van der Waals surface area (Å²) < 4.78 is 0. The molecular formula is C12H25N. The van der Waals surface area contributed by atoms with Gasteiger partial charge < -0.3 is 5.73 Å². The Hall–Kier alpha value is -0.0400. The van der Waals surface area contributed by atoms with Crippen LogP contribution in [0, 0.1) is 11.8 Å². The summed E-state index contributed by atoms with van der Waals surface area (Å²) in [5.74, 6) is 1.87. The highest BCUT2D eigenvalue weighted by Crippen LogP contribution is 2.26. The third-order valence-electron chi connectivity index (χ3n) is 3.18. The molecule has 0 radical (unpaired) electrons. The molecule has 1 heteroatoms. The minimum Gasteiger partial charge on any atom is -0.328 e. The smallest absolute Gasteiger partial charge is 0.00388 e. The van der Waals surface area contributed by atoms with Crippen LogP contribution in [0.2, 0.25) is 0 Å². The van der Waals surface area contributed by atoms with Crippen molar-refractivity contribution in [2.24, 2.45) is 17.6 Å². The maximum absolute atomic E-state index is 5.95. The average molecular weight is 183 g/mol. The molecule has 1 nitrogen and oxygen atoms in total. The van der Waals surface area contributed by atoms with E-state index in [1.54, 1.807) is 0 Å². The summed E-state index contributed by atoms with van der Waals surface area (Å²) in [5.41, 5.74) is 5.95. The van der Waals surface area contributed by atoms with Crippen LogP contribution in [0.3, 0.4) is 0 Å². The van der Waals surface area contributed by atoms with Gasteiger partial charge in [0.05, 0.1) is 0 Å². The lowest BCUT2D eigenvalue weighted by atomic mass is 9.84. The van der Waals surface area contributed by atoms with Gasteiger partial charge in [-0.1, -0.05) is 39.5 Å². The van der Waals surface area contributed by atoms with E-state index < -0.39 is 0 Å². The van der Waals surface area contributed by atoms with E-state index in [1.807, 2.05) is 0 Å². The quantitative estimate of drug-likeness (QED) is 0.698. The Morgan fingerprint density at radius 3 is 2.08 bits per heavy atom. The summed E-state index contributed by atoms with van der Waals surface area (Å²) in [6.45, 7) is 4.68. The highest BCUT2D eigenvalue weighted by atomic mass is 14.6. The standard InChI is InChI=1S/C12H25N/c1-10(2)9-11-5-3-7-12(13)8-4-6-11/h10-12H,3-9,13H2,1-2H3. The van der Waals surface area contributed by atoms with Crippen LogP contribution >= 0.6 is 0 Å². The lowest BCUT2D eigenvalue weighted by molar-refractivity contribution is 0.311. The van der Waals surface area contributed by atoms with Gasteiger partial charge in [-0.2, -0.15) is 0 Å². The van der Waals surface area contributed by atoms with Crippen molar-refractivity contribution in [3.8, 4) is 0 Å². The summed E-state index contributed by atoms with van der Waals surface area (Å²) >= 11 is 0. The van der Waals surface area contributed by atoms with Crippen molar-refractivity contribution in [1.82, 2.24) is 0 Å². The van der Waals surface area contributed by atoms with Crippen LogP contribution in [0.15, 0.2) is 0 Å². The molecule has 1 rings (SSSR count). The van der Waals surface area contributed by atoms with Crippen LogP contribution in [0.25, 0.3) is 0 Å². The Balaban J connectivity index is 2.24. The third-order valence-corrected chi connectivity index (χ3v) is 3.18. The van der Waals surface area contributed by atoms with E-state index in [9.17, 15) is 0 Å². The number of nitrogens with two attached hydrogens (primary N) is 1. The van der Waals surface area contributed by atoms with E-state index in [-0.39, 0.29) is 0 Å². The third kappa shape index (κ3) is 4.66. The van der Waals surface area contributed by atoms with Gasteiger partial charge in [-0.3, -0.25) is 0 Å². The zero-order valence-corrected chi connectivity index (χ0v) is 9.26. The Morgan fingerprint density at radius 2 is 1.62 bits per heavy atom. The minimum absolute atomic E-state index is 0.500. The monoisotopic (exact) mass is 183 g/mol. The van der Waals surface area contributed by atoms with E-state index in [4.69, 9.17) is 5.73 Å². The normalized spacial score (nSPS) is 31.4. The van der Waals surface area contributed by atoms with Crippen LogP contribution in [0.5, 0.6) is 0 Å². The Labute approximate surface area is 83.1 Å². The van der Waals surface area contributed by atoms with Crippen LogP contribution < -0.4 is 5.73 Å². The van der Waals surface area contributed by atoms with Crippen molar-refractivity contribution >= 4 is 0 Å². The molecule has 13 heavy (non-hydrogen) atoms.